The van der Waals surface area contributed by atoms with E-state index in [2.05, 4.69) is 11.8 Å². The molecule has 2 rings (SSSR count). The zero-order valence-corrected chi connectivity index (χ0v) is 9.48. The summed E-state index contributed by atoms with van der Waals surface area (Å²) in [6, 6.07) is 0.546. The number of rotatable bonds is 2. The summed E-state index contributed by atoms with van der Waals surface area (Å²) in [6.07, 6.45) is 5.34. The normalized spacial score (nSPS) is 38.1. The summed E-state index contributed by atoms with van der Waals surface area (Å²) >= 11 is 0. The molecule has 0 aromatic carbocycles. The van der Waals surface area contributed by atoms with E-state index in [0.717, 1.165) is 25.2 Å². The number of nitrogens with zero attached hydrogens (tertiary/aromatic N) is 1. The molecule has 3 nitrogen and oxygen atoms in total. The number of carboxylic acid groups (broad SMARTS) is 1. The Bertz CT molecular complexity index is 242. The van der Waals surface area contributed by atoms with E-state index in [1.54, 1.807) is 0 Å². The molecule has 0 aromatic heterocycles. The number of likely N-dealkylation sites (tertiary alicyclic amines) is 1. The molecule has 3 unspecified atom stereocenters. The molecular weight excluding hydrogens is 190 g/mol. The van der Waals surface area contributed by atoms with Crippen molar-refractivity contribution >= 4 is 5.97 Å². The molecule has 2 aliphatic rings. The minimum absolute atomic E-state index is 0.0837. The second-order valence-corrected chi connectivity index (χ2v) is 5.24. The van der Waals surface area contributed by atoms with E-state index in [4.69, 9.17) is 5.11 Å². The van der Waals surface area contributed by atoms with Crippen molar-refractivity contribution in [2.75, 3.05) is 13.1 Å². The standard InChI is InChI=1S/C12H21NO2/c1-9-5-6-13(8-9)11-4-2-3-10(7-11)12(14)15/h9-11H,2-8H2,1H3,(H,14,15). The van der Waals surface area contributed by atoms with Crippen LogP contribution >= 0.6 is 0 Å². The summed E-state index contributed by atoms with van der Waals surface area (Å²) in [5, 5.41) is 9.03. The average molecular weight is 211 g/mol. The number of aliphatic carboxylic acids is 1. The van der Waals surface area contributed by atoms with E-state index in [1.807, 2.05) is 0 Å². The maximum atomic E-state index is 11.0. The Morgan fingerprint density at radius 2 is 2.13 bits per heavy atom. The van der Waals surface area contributed by atoms with Gasteiger partial charge in [-0.05, 0) is 38.1 Å². The van der Waals surface area contributed by atoms with Gasteiger partial charge in [-0.25, -0.2) is 0 Å². The molecule has 0 amide bonds. The smallest absolute Gasteiger partial charge is 0.306 e. The molecule has 1 saturated heterocycles. The van der Waals surface area contributed by atoms with Crippen LogP contribution in [0.3, 0.4) is 0 Å². The molecule has 1 aliphatic carbocycles. The Hall–Kier alpha value is -0.570. The van der Waals surface area contributed by atoms with Gasteiger partial charge in [-0.3, -0.25) is 4.79 Å². The van der Waals surface area contributed by atoms with Crippen molar-refractivity contribution in [3.63, 3.8) is 0 Å². The molecule has 15 heavy (non-hydrogen) atoms. The molecule has 1 N–H and O–H groups in total. The van der Waals surface area contributed by atoms with Crippen molar-refractivity contribution in [2.24, 2.45) is 11.8 Å². The van der Waals surface area contributed by atoms with Crippen LogP contribution in [0.25, 0.3) is 0 Å². The number of hydrogen-bond acceptors (Lipinski definition) is 2. The lowest BCUT2D eigenvalue weighted by atomic mass is 9.85. The van der Waals surface area contributed by atoms with Gasteiger partial charge in [0.1, 0.15) is 0 Å². The van der Waals surface area contributed by atoms with Crippen molar-refractivity contribution in [1.82, 2.24) is 4.90 Å². The molecule has 3 heteroatoms. The summed E-state index contributed by atoms with van der Waals surface area (Å²) in [7, 11) is 0. The van der Waals surface area contributed by atoms with Crippen LogP contribution in [0.5, 0.6) is 0 Å². The van der Waals surface area contributed by atoms with E-state index in [1.165, 1.54) is 25.9 Å². The fourth-order valence-corrected chi connectivity index (χ4v) is 3.02. The Morgan fingerprint density at radius 3 is 2.73 bits per heavy atom. The first-order valence-electron chi connectivity index (χ1n) is 6.13. The van der Waals surface area contributed by atoms with E-state index < -0.39 is 5.97 Å². The average Bonchev–Trinajstić information content (AvgIpc) is 2.65. The Kier molecular flexibility index (Phi) is 3.29. The zero-order chi connectivity index (χ0) is 10.8. The van der Waals surface area contributed by atoms with Crippen molar-refractivity contribution in [3.05, 3.63) is 0 Å². The van der Waals surface area contributed by atoms with E-state index in [-0.39, 0.29) is 5.92 Å². The lowest BCUT2D eigenvalue weighted by Gasteiger charge is -2.33. The third kappa shape index (κ3) is 2.51. The first-order chi connectivity index (χ1) is 7.16. The molecule has 1 heterocycles. The van der Waals surface area contributed by atoms with Gasteiger partial charge in [0, 0.05) is 12.6 Å². The summed E-state index contributed by atoms with van der Waals surface area (Å²) in [5.74, 6) is 0.127. The van der Waals surface area contributed by atoms with Crippen LogP contribution in [0.2, 0.25) is 0 Å². The lowest BCUT2D eigenvalue weighted by Crippen LogP contribution is -2.38. The van der Waals surface area contributed by atoms with Crippen LogP contribution in [0, 0.1) is 11.8 Å². The second kappa shape index (κ2) is 4.52. The zero-order valence-electron chi connectivity index (χ0n) is 9.48. The predicted molar refractivity (Wildman–Crippen MR) is 58.7 cm³/mol. The fourth-order valence-electron chi connectivity index (χ4n) is 3.02. The monoisotopic (exact) mass is 211 g/mol. The third-order valence-corrected chi connectivity index (χ3v) is 3.97. The Balaban J connectivity index is 1.90. The first-order valence-corrected chi connectivity index (χ1v) is 6.13. The molecular formula is C12H21NO2. The highest BCUT2D eigenvalue weighted by molar-refractivity contribution is 5.70. The minimum atomic E-state index is -0.591. The highest BCUT2D eigenvalue weighted by Crippen LogP contribution is 2.30. The third-order valence-electron chi connectivity index (χ3n) is 3.97. The molecule has 1 saturated carbocycles. The van der Waals surface area contributed by atoms with E-state index in [9.17, 15) is 4.79 Å². The van der Waals surface area contributed by atoms with Gasteiger partial charge in [0.25, 0.3) is 0 Å². The van der Waals surface area contributed by atoms with E-state index in [0.29, 0.717) is 6.04 Å². The van der Waals surface area contributed by atoms with Crippen LogP contribution in [-0.2, 0) is 4.79 Å². The lowest BCUT2D eigenvalue weighted by molar-refractivity contribution is -0.143. The van der Waals surface area contributed by atoms with Crippen LogP contribution in [0.1, 0.15) is 39.0 Å². The summed E-state index contributed by atoms with van der Waals surface area (Å²) < 4.78 is 0. The van der Waals surface area contributed by atoms with Crippen LogP contribution in [0.15, 0.2) is 0 Å². The SMILES string of the molecule is CC1CCN(C2CCCC(C(=O)O)C2)C1. The maximum Gasteiger partial charge on any atom is 0.306 e. The quantitative estimate of drug-likeness (QED) is 0.759. The molecule has 0 spiro atoms. The molecule has 0 radical (unpaired) electrons. The van der Waals surface area contributed by atoms with Crippen molar-refractivity contribution in [2.45, 2.75) is 45.1 Å². The predicted octanol–water partition coefficient (Wildman–Crippen LogP) is 1.97. The van der Waals surface area contributed by atoms with Crippen molar-refractivity contribution in [1.29, 1.82) is 0 Å². The molecule has 3 atom stereocenters. The molecule has 86 valence electrons. The van der Waals surface area contributed by atoms with Crippen LogP contribution in [0.4, 0.5) is 0 Å². The van der Waals surface area contributed by atoms with Gasteiger partial charge in [-0.2, -0.15) is 0 Å². The summed E-state index contributed by atoms with van der Waals surface area (Å²) in [5.41, 5.74) is 0. The van der Waals surface area contributed by atoms with Crippen LogP contribution < -0.4 is 0 Å². The molecule has 0 aromatic rings. The van der Waals surface area contributed by atoms with Gasteiger partial charge in [0.05, 0.1) is 5.92 Å². The van der Waals surface area contributed by atoms with E-state index >= 15 is 0 Å². The second-order valence-electron chi connectivity index (χ2n) is 5.24. The Labute approximate surface area is 91.5 Å². The van der Waals surface area contributed by atoms with Crippen LogP contribution in [-0.4, -0.2) is 35.1 Å². The highest BCUT2D eigenvalue weighted by atomic mass is 16.4. The number of hydrogen-bond donors (Lipinski definition) is 1. The largest absolute Gasteiger partial charge is 0.481 e. The molecule has 0 bridgehead atoms. The van der Waals surface area contributed by atoms with Gasteiger partial charge in [-0.15, -0.1) is 0 Å². The topological polar surface area (TPSA) is 40.5 Å². The number of carbonyl (C=O) groups is 1. The summed E-state index contributed by atoms with van der Waals surface area (Å²) in [4.78, 5) is 13.5. The molecule has 2 fully saturated rings. The van der Waals surface area contributed by atoms with Crippen molar-refractivity contribution in [3.8, 4) is 0 Å². The maximum absolute atomic E-state index is 11.0. The van der Waals surface area contributed by atoms with Gasteiger partial charge < -0.3 is 10.0 Å². The highest BCUT2D eigenvalue weighted by Gasteiger charge is 2.32. The molecule has 1 aliphatic heterocycles. The van der Waals surface area contributed by atoms with Gasteiger partial charge in [0.2, 0.25) is 0 Å². The fraction of sp³-hybridized carbons (Fsp3) is 0.917. The van der Waals surface area contributed by atoms with Gasteiger partial charge in [0.15, 0.2) is 0 Å². The van der Waals surface area contributed by atoms with Gasteiger partial charge in [-0.1, -0.05) is 13.3 Å². The first kappa shape index (κ1) is 10.9. The Morgan fingerprint density at radius 1 is 1.33 bits per heavy atom. The van der Waals surface area contributed by atoms with Gasteiger partial charge >= 0.3 is 5.97 Å². The number of carboxylic acids is 1. The van der Waals surface area contributed by atoms with Crippen molar-refractivity contribution < 1.29 is 9.90 Å². The summed E-state index contributed by atoms with van der Waals surface area (Å²) in [6.45, 7) is 4.65. The minimum Gasteiger partial charge on any atom is -0.481 e.